The summed E-state index contributed by atoms with van der Waals surface area (Å²) in [7, 11) is 0. The van der Waals surface area contributed by atoms with Crippen LogP contribution in [0.3, 0.4) is 0 Å². The third kappa shape index (κ3) is 5.02. The number of carbonyl (C=O) groups excluding carboxylic acids is 1. The van der Waals surface area contributed by atoms with Crippen LogP contribution >= 0.6 is 0 Å². The van der Waals surface area contributed by atoms with Crippen molar-refractivity contribution in [1.29, 1.82) is 0 Å². The van der Waals surface area contributed by atoms with E-state index in [1.165, 1.54) is 0 Å². The standard InChI is InChI=1S/C12H23NO4/c1-4-15-11(16-5-2)7-13-12(14)10-6-9(3)17-8-10/h9-11H,4-8H2,1-3H3,(H,13,14). The van der Waals surface area contributed by atoms with Crippen LogP contribution in [0, 0.1) is 5.92 Å². The zero-order valence-corrected chi connectivity index (χ0v) is 10.9. The lowest BCUT2D eigenvalue weighted by Crippen LogP contribution is -2.38. The quantitative estimate of drug-likeness (QED) is 0.678. The van der Waals surface area contributed by atoms with E-state index in [-0.39, 0.29) is 24.2 Å². The van der Waals surface area contributed by atoms with Gasteiger partial charge in [-0.25, -0.2) is 0 Å². The Labute approximate surface area is 103 Å². The topological polar surface area (TPSA) is 56.8 Å². The smallest absolute Gasteiger partial charge is 0.225 e. The molecular weight excluding hydrogens is 222 g/mol. The van der Waals surface area contributed by atoms with Gasteiger partial charge < -0.3 is 19.5 Å². The number of rotatable bonds is 7. The van der Waals surface area contributed by atoms with Crippen LogP contribution in [0.5, 0.6) is 0 Å². The molecule has 0 bridgehead atoms. The van der Waals surface area contributed by atoms with Crippen LogP contribution in [0.25, 0.3) is 0 Å². The first kappa shape index (κ1) is 14.4. The Morgan fingerprint density at radius 3 is 2.53 bits per heavy atom. The first-order valence-corrected chi connectivity index (χ1v) is 6.29. The summed E-state index contributed by atoms with van der Waals surface area (Å²) in [6.07, 6.45) is 0.619. The third-order valence-electron chi connectivity index (χ3n) is 2.72. The molecule has 1 amide bonds. The molecule has 2 unspecified atom stereocenters. The average Bonchev–Trinajstić information content (AvgIpc) is 2.73. The molecule has 0 aromatic rings. The third-order valence-corrected chi connectivity index (χ3v) is 2.72. The summed E-state index contributed by atoms with van der Waals surface area (Å²) in [5, 5.41) is 2.85. The van der Waals surface area contributed by atoms with Gasteiger partial charge in [-0.05, 0) is 27.2 Å². The Hall–Kier alpha value is -0.650. The summed E-state index contributed by atoms with van der Waals surface area (Å²) in [6, 6.07) is 0. The molecule has 100 valence electrons. The zero-order chi connectivity index (χ0) is 12.7. The number of amides is 1. The fraction of sp³-hybridized carbons (Fsp3) is 0.917. The predicted octanol–water partition coefficient (Wildman–Crippen LogP) is 0.927. The lowest BCUT2D eigenvalue weighted by molar-refractivity contribution is -0.142. The molecule has 1 rings (SSSR count). The molecule has 17 heavy (non-hydrogen) atoms. The van der Waals surface area contributed by atoms with Crippen LogP contribution in [0.1, 0.15) is 27.2 Å². The van der Waals surface area contributed by atoms with E-state index in [1.54, 1.807) is 0 Å². The van der Waals surface area contributed by atoms with Gasteiger partial charge in [-0.15, -0.1) is 0 Å². The summed E-state index contributed by atoms with van der Waals surface area (Å²) in [5.74, 6) is -0.00680. The highest BCUT2D eigenvalue weighted by Crippen LogP contribution is 2.18. The van der Waals surface area contributed by atoms with Gasteiger partial charge >= 0.3 is 0 Å². The summed E-state index contributed by atoms with van der Waals surface area (Å²) < 4.78 is 16.1. The molecule has 1 heterocycles. The largest absolute Gasteiger partial charge is 0.378 e. The van der Waals surface area contributed by atoms with Crippen LogP contribution in [0.4, 0.5) is 0 Å². The molecule has 0 radical (unpaired) electrons. The van der Waals surface area contributed by atoms with E-state index >= 15 is 0 Å². The number of carbonyl (C=O) groups is 1. The molecule has 1 saturated heterocycles. The van der Waals surface area contributed by atoms with E-state index in [1.807, 2.05) is 20.8 Å². The van der Waals surface area contributed by atoms with Crippen LogP contribution < -0.4 is 5.32 Å². The minimum absolute atomic E-state index is 0.0266. The summed E-state index contributed by atoms with van der Waals surface area (Å²) in [5.41, 5.74) is 0. The van der Waals surface area contributed by atoms with Crippen molar-refractivity contribution < 1.29 is 19.0 Å². The van der Waals surface area contributed by atoms with Crippen molar-refractivity contribution in [3.8, 4) is 0 Å². The molecule has 2 atom stereocenters. The zero-order valence-electron chi connectivity index (χ0n) is 10.9. The van der Waals surface area contributed by atoms with Crippen molar-refractivity contribution in [3.05, 3.63) is 0 Å². The van der Waals surface area contributed by atoms with Gasteiger partial charge in [-0.2, -0.15) is 0 Å². The van der Waals surface area contributed by atoms with Gasteiger partial charge in [0.1, 0.15) is 0 Å². The van der Waals surface area contributed by atoms with Gasteiger partial charge in [0.2, 0.25) is 5.91 Å². The maximum absolute atomic E-state index is 11.8. The molecule has 0 spiro atoms. The minimum atomic E-state index is -0.353. The Kier molecular flexibility index (Phi) is 6.47. The van der Waals surface area contributed by atoms with E-state index in [9.17, 15) is 4.79 Å². The number of hydrogen-bond donors (Lipinski definition) is 1. The fourth-order valence-electron chi connectivity index (χ4n) is 1.87. The van der Waals surface area contributed by atoms with Gasteiger partial charge in [-0.1, -0.05) is 0 Å². The van der Waals surface area contributed by atoms with Crippen molar-refractivity contribution in [2.45, 2.75) is 39.6 Å². The van der Waals surface area contributed by atoms with Crippen molar-refractivity contribution in [2.24, 2.45) is 5.92 Å². The molecule has 1 N–H and O–H groups in total. The van der Waals surface area contributed by atoms with E-state index in [4.69, 9.17) is 14.2 Å². The maximum atomic E-state index is 11.8. The van der Waals surface area contributed by atoms with E-state index in [0.717, 1.165) is 6.42 Å². The summed E-state index contributed by atoms with van der Waals surface area (Å²) >= 11 is 0. The van der Waals surface area contributed by atoms with Crippen LogP contribution in [-0.2, 0) is 19.0 Å². The normalized spacial score (nSPS) is 24.2. The van der Waals surface area contributed by atoms with Gasteiger partial charge in [0, 0.05) is 13.2 Å². The Morgan fingerprint density at radius 1 is 1.41 bits per heavy atom. The van der Waals surface area contributed by atoms with Gasteiger partial charge in [0.05, 0.1) is 25.2 Å². The Balaban J connectivity index is 2.25. The number of ether oxygens (including phenoxy) is 3. The molecule has 0 aliphatic carbocycles. The highest BCUT2D eigenvalue weighted by molar-refractivity contribution is 5.79. The lowest BCUT2D eigenvalue weighted by atomic mass is 10.1. The van der Waals surface area contributed by atoms with E-state index in [0.29, 0.717) is 26.4 Å². The SMILES string of the molecule is CCOC(CNC(=O)C1COC(C)C1)OCC. The summed E-state index contributed by atoms with van der Waals surface area (Å²) in [6.45, 7) is 7.84. The highest BCUT2D eigenvalue weighted by Gasteiger charge is 2.28. The number of nitrogens with one attached hydrogen (secondary N) is 1. The van der Waals surface area contributed by atoms with Crippen molar-refractivity contribution in [3.63, 3.8) is 0 Å². The van der Waals surface area contributed by atoms with E-state index in [2.05, 4.69) is 5.32 Å². The van der Waals surface area contributed by atoms with Crippen LogP contribution in [-0.4, -0.2) is 44.7 Å². The lowest BCUT2D eigenvalue weighted by Gasteiger charge is -2.18. The molecular formula is C12H23NO4. The van der Waals surface area contributed by atoms with Crippen molar-refractivity contribution in [1.82, 2.24) is 5.32 Å². The second-order valence-corrected chi connectivity index (χ2v) is 4.16. The van der Waals surface area contributed by atoms with Gasteiger partial charge in [0.15, 0.2) is 6.29 Å². The molecule has 5 nitrogen and oxygen atoms in total. The first-order valence-electron chi connectivity index (χ1n) is 6.29. The molecule has 0 saturated carbocycles. The monoisotopic (exact) mass is 245 g/mol. The van der Waals surface area contributed by atoms with Gasteiger partial charge in [-0.3, -0.25) is 4.79 Å². The van der Waals surface area contributed by atoms with Gasteiger partial charge in [0.25, 0.3) is 0 Å². The second-order valence-electron chi connectivity index (χ2n) is 4.16. The molecule has 5 heteroatoms. The minimum Gasteiger partial charge on any atom is -0.378 e. The molecule has 0 aromatic carbocycles. The Bertz CT molecular complexity index is 229. The van der Waals surface area contributed by atoms with Crippen molar-refractivity contribution in [2.75, 3.05) is 26.4 Å². The molecule has 0 aromatic heterocycles. The maximum Gasteiger partial charge on any atom is 0.225 e. The fourth-order valence-corrected chi connectivity index (χ4v) is 1.87. The Morgan fingerprint density at radius 2 is 2.06 bits per heavy atom. The average molecular weight is 245 g/mol. The van der Waals surface area contributed by atoms with Crippen LogP contribution in [0.2, 0.25) is 0 Å². The predicted molar refractivity (Wildman–Crippen MR) is 63.6 cm³/mol. The second kappa shape index (κ2) is 7.63. The highest BCUT2D eigenvalue weighted by atomic mass is 16.7. The first-order chi connectivity index (χ1) is 8.17. The number of hydrogen-bond acceptors (Lipinski definition) is 4. The molecule has 1 fully saturated rings. The molecule has 1 aliphatic heterocycles. The van der Waals surface area contributed by atoms with Crippen molar-refractivity contribution >= 4 is 5.91 Å². The molecule has 1 aliphatic rings. The van der Waals surface area contributed by atoms with E-state index < -0.39 is 0 Å². The van der Waals surface area contributed by atoms with Crippen LogP contribution in [0.15, 0.2) is 0 Å². The summed E-state index contributed by atoms with van der Waals surface area (Å²) in [4.78, 5) is 11.8.